The number of sulfonamides is 1. The number of rotatable bonds is 7. The summed E-state index contributed by atoms with van der Waals surface area (Å²) in [6.07, 6.45) is 3.26. The first kappa shape index (κ1) is 23.1. The minimum Gasteiger partial charge on any atom is -0.497 e. The second-order valence-electron chi connectivity index (χ2n) is 9.48. The Bertz CT molecular complexity index is 1270. The summed E-state index contributed by atoms with van der Waals surface area (Å²) in [7, 11) is -2.13. The fourth-order valence-electron chi connectivity index (χ4n) is 5.48. The number of nitrogens with one attached hydrogen (secondary N) is 1. The van der Waals surface area contributed by atoms with E-state index >= 15 is 0 Å². The molecule has 182 valence electrons. The number of hydrogen-bond donors (Lipinski definition) is 2. The van der Waals surface area contributed by atoms with Crippen LogP contribution in [0.3, 0.4) is 0 Å². The van der Waals surface area contributed by atoms with E-state index in [0.29, 0.717) is 29.5 Å². The molecule has 3 heterocycles. The van der Waals surface area contributed by atoms with Crippen molar-refractivity contribution in [2.75, 3.05) is 26.5 Å². The van der Waals surface area contributed by atoms with Gasteiger partial charge in [-0.3, -0.25) is 9.59 Å². The molecule has 2 fully saturated rings. The number of pyridine rings is 1. The first-order valence-electron chi connectivity index (χ1n) is 11.5. The van der Waals surface area contributed by atoms with E-state index in [4.69, 9.17) is 4.74 Å². The molecule has 3 aliphatic rings. The largest absolute Gasteiger partial charge is 0.497 e. The zero-order valence-corrected chi connectivity index (χ0v) is 20.0. The standard InChI is InChI=1S/C24H29N3O6S/c1-33-16-7-5-15(6-8-16)17-9-10-19-22-21(23(29)25-11-14-3-4-14)18(13-28)20(12-26(19)24(17)30)27(22)34(2,31)32/h5-10,14,18,20-22,28H,3-4,11-13H2,1-2H3,(H,25,29)/t18-,20-,21+,22+/m1/s1. The summed E-state index contributed by atoms with van der Waals surface area (Å²) in [6, 6.07) is 9.04. The molecule has 34 heavy (non-hydrogen) atoms. The second-order valence-corrected chi connectivity index (χ2v) is 11.4. The second kappa shape index (κ2) is 8.51. The van der Waals surface area contributed by atoms with Gasteiger partial charge in [-0.2, -0.15) is 4.31 Å². The molecule has 9 nitrogen and oxygen atoms in total. The van der Waals surface area contributed by atoms with Gasteiger partial charge in [-0.1, -0.05) is 12.1 Å². The van der Waals surface area contributed by atoms with Crippen LogP contribution < -0.4 is 15.6 Å². The number of fused-ring (bicyclic) bond motifs is 4. The Balaban J connectivity index is 1.59. The number of carbonyl (C=O) groups is 1. The van der Waals surface area contributed by atoms with Crippen LogP contribution in [0.1, 0.15) is 24.6 Å². The third-order valence-corrected chi connectivity index (χ3v) is 8.60. The summed E-state index contributed by atoms with van der Waals surface area (Å²) in [4.78, 5) is 26.8. The van der Waals surface area contributed by atoms with E-state index in [1.165, 1.54) is 4.31 Å². The van der Waals surface area contributed by atoms with E-state index in [1.54, 1.807) is 48.1 Å². The highest BCUT2D eigenvalue weighted by atomic mass is 32.2. The van der Waals surface area contributed by atoms with E-state index in [0.717, 1.165) is 24.7 Å². The Kier molecular flexibility index (Phi) is 5.78. The number of aliphatic hydroxyl groups is 1. The Morgan fingerprint density at radius 1 is 1.18 bits per heavy atom. The molecule has 1 aliphatic carbocycles. The third kappa shape index (κ3) is 3.83. The quantitative estimate of drug-likeness (QED) is 0.601. The van der Waals surface area contributed by atoms with E-state index in [2.05, 4.69) is 5.32 Å². The Morgan fingerprint density at radius 3 is 2.47 bits per heavy atom. The van der Waals surface area contributed by atoms with E-state index in [9.17, 15) is 23.1 Å². The molecule has 1 amide bonds. The van der Waals surface area contributed by atoms with Gasteiger partial charge in [0.2, 0.25) is 15.9 Å². The topological polar surface area (TPSA) is 118 Å². The number of carbonyl (C=O) groups excluding carboxylic acids is 1. The molecule has 10 heteroatoms. The molecule has 1 aromatic heterocycles. The summed E-state index contributed by atoms with van der Waals surface area (Å²) in [5.74, 6) is -0.516. The molecule has 0 radical (unpaired) electrons. The van der Waals surface area contributed by atoms with Crippen molar-refractivity contribution in [2.45, 2.75) is 31.5 Å². The first-order chi connectivity index (χ1) is 16.2. The zero-order valence-electron chi connectivity index (χ0n) is 19.2. The van der Waals surface area contributed by atoms with Crippen molar-refractivity contribution in [1.29, 1.82) is 0 Å². The van der Waals surface area contributed by atoms with E-state index in [-0.39, 0.29) is 24.6 Å². The van der Waals surface area contributed by atoms with Gasteiger partial charge in [0.15, 0.2) is 0 Å². The molecule has 2 N–H and O–H groups in total. The molecule has 1 saturated heterocycles. The van der Waals surface area contributed by atoms with Gasteiger partial charge in [-0.05, 0) is 48.6 Å². The normalized spacial score (nSPS) is 26.2. The van der Waals surface area contributed by atoms with Gasteiger partial charge in [0.1, 0.15) is 5.75 Å². The molecule has 1 saturated carbocycles. The first-order valence-corrected chi connectivity index (χ1v) is 13.3. The molecule has 2 bridgehead atoms. The van der Waals surface area contributed by atoms with Gasteiger partial charge < -0.3 is 19.7 Å². The van der Waals surface area contributed by atoms with Crippen molar-refractivity contribution < 1.29 is 23.1 Å². The maximum atomic E-state index is 13.5. The van der Waals surface area contributed by atoms with Crippen molar-refractivity contribution in [3.63, 3.8) is 0 Å². The van der Waals surface area contributed by atoms with Crippen LogP contribution in [-0.4, -0.2) is 60.9 Å². The summed E-state index contributed by atoms with van der Waals surface area (Å²) < 4.78 is 33.7. The lowest BCUT2D eigenvalue weighted by molar-refractivity contribution is -0.127. The van der Waals surface area contributed by atoms with Gasteiger partial charge in [0.25, 0.3) is 5.56 Å². The smallest absolute Gasteiger partial charge is 0.258 e. The van der Waals surface area contributed by atoms with Gasteiger partial charge in [0.05, 0.1) is 25.3 Å². The SMILES string of the molecule is COc1ccc(-c2ccc3n(c2=O)C[C@@H]2[C@@H](CO)[C@H](C(=O)NCC4CC4)[C@H]3N2S(C)(=O)=O)cc1. The number of methoxy groups -OCH3 is 1. The highest BCUT2D eigenvalue weighted by Gasteiger charge is 2.58. The van der Waals surface area contributed by atoms with Crippen molar-refractivity contribution in [2.24, 2.45) is 17.8 Å². The molecule has 4 atom stereocenters. The van der Waals surface area contributed by atoms with Crippen LogP contribution in [0.4, 0.5) is 0 Å². The lowest BCUT2D eigenvalue weighted by atomic mass is 9.86. The van der Waals surface area contributed by atoms with Crippen LogP contribution in [0, 0.1) is 17.8 Å². The predicted octanol–water partition coefficient (Wildman–Crippen LogP) is 0.973. The van der Waals surface area contributed by atoms with Gasteiger partial charge >= 0.3 is 0 Å². The lowest BCUT2D eigenvalue weighted by Gasteiger charge is -2.36. The molecule has 0 spiro atoms. The number of hydrogen-bond acceptors (Lipinski definition) is 6. The third-order valence-electron chi connectivity index (χ3n) is 7.34. The van der Waals surface area contributed by atoms with Gasteiger partial charge in [0, 0.05) is 42.9 Å². The minimum atomic E-state index is -3.70. The highest BCUT2D eigenvalue weighted by molar-refractivity contribution is 7.88. The number of ether oxygens (including phenoxy) is 1. The Morgan fingerprint density at radius 2 is 1.88 bits per heavy atom. The van der Waals surface area contributed by atoms with Crippen molar-refractivity contribution in [3.05, 3.63) is 52.4 Å². The molecule has 0 unspecified atom stereocenters. The number of aromatic nitrogens is 1. The van der Waals surface area contributed by atoms with Crippen LogP contribution in [-0.2, 0) is 21.4 Å². The average molecular weight is 488 g/mol. The Hall–Kier alpha value is -2.69. The van der Waals surface area contributed by atoms with Crippen LogP contribution in [0.2, 0.25) is 0 Å². The van der Waals surface area contributed by atoms with Crippen LogP contribution in [0.5, 0.6) is 5.75 Å². The zero-order chi connectivity index (χ0) is 24.2. The van der Waals surface area contributed by atoms with E-state index in [1.807, 2.05) is 0 Å². The fourth-order valence-corrected chi connectivity index (χ4v) is 6.85. The lowest BCUT2D eigenvalue weighted by Crippen LogP contribution is -2.48. The van der Waals surface area contributed by atoms with E-state index < -0.39 is 33.9 Å². The predicted molar refractivity (Wildman–Crippen MR) is 126 cm³/mol. The summed E-state index contributed by atoms with van der Waals surface area (Å²) >= 11 is 0. The molecular weight excluding hydrogens is 458 g/mol. The van der Waals surface area contributed by atoms with Gasteiger partial charge in [-0.25, -0.2) is 8.42 Å². The molecular formula is C24H29N3O6S. The number of nitrogens with zero attached hydrogens (tertiary/aromatic N) is 2. The maximum absolute atomic E-state index is 13.5. The average Bonchev–Trinajstić information content (AvgIpc) is 3.60. The van der Waals surface area contributed by atoms with Crippen LogP contribution >= 0.6 is 0 Å². The number of aliphatic hydroxyl groups excluding tert-OH is 1. The van der Waals surface area contributed by atoms with Crippen LogP contribution in [0.15, 0.2) is 41.2 Å². The minimum absolute atomic E-state index is 0.0827. The molecule has 2 aliphatic heterocycles. The highest BCUT2D eigenvalue weighted by Crippen LogP contribution is 2.49. The fraction of sp³-hybridized carbons (Fsp3) is 0.500. The number of benzene rings is 1. The molecule has 1 aromatic carbocycles. The maximum Gasteiger partial charge on any atom is 0.258 e. The number of amides is 1. The monoisotopic (exact) mass is 487 g/mol. The molecule has 5 rings (SSSR count). The summed E-state index contributed by atoms with van der Waals surface area (Å²) in [5, 5.41) is 13.2. The van der Waals surface area contributed by atoms with Crippen LogP contribution in [0.25, 0.3) is 11.1 Å². The Labute approximate surface area is 198 Å². The summed E-state index contributed by atoms with van der Waals surface area (Å²) in [5.41, 5.74) is 1.43. The van der Waals surface area contributed by atoms with Gasteiger partial charge in [-0.15, -0.1) is 0 Å². The van der Waals surface area contributed by atoms with Crippen molar-refractivity contribution in [3.8, 4) is 16.9 Å². The molecule has 2 aromatic rings. The summed E-state index contributed by atoms with van der Waals surface area (Å²) in [6.45, 7) is 0.287. The van der Waals surface area contributed by atoms with Crippen molar-refractivity contribution in [1.82, 2.24) is 14.2 Å². The van der Waals surface area contributed by atoms with Crippen molar-refractivity contribution >= 4 is 15.9 Å².